The zero-order valence-electron chi connectivity index (χ0n) is 10.2. The molecule has 1 aromatic heterocycles. The molecule has 0 aromatic carbocycles. The van der Waals surface area contributed by atoms with E-state index in [-0.39, 0.29) is 0 Å². The summed E-state index contributed by atoms with van der Waals surface area (Å²) in [5.41, 5.74) is 0. The van der Waals surface area contributed by atoms with E-state index in [0.717, 1.165) is 24.9 Å². The van der Waals surface area contributed by atoms with Crippen LogP contribution in [-0.2, 0) is 0 Å². The van der Waals surface area contributed by atoms with Crippen molar-refractivity contribution in [3.8, 4) is 0 Å². The highest BCUT2D eigenvalue weighted by Gasteiger charge is 2.24. The van der Waals surface area contributed by atoms with E-state index in [4.69, 9.17) is 0 Å². The zero-order chi connectivity index (χ0) is 11.7. The minimum Gasteiger partial charge on any atom is -0.355 e. The number of rotatable bonds is 4. The largest absolute Gasteiger partial charge is 0.355 e. The highest BCUT2D eigenvalue weighted by atomic mass is 15.3. The number of anilines is 2. The van der Waals surface area contributed by atoms with Gasteiger partial charge in [0.2, 0.25) is 5.95 Å². The molecule has 3 rings (SSSR count). The molecule has 1 atom stereocenters. The lowest BCUT2D eigenvalue weighted by Crippen LogP contribution is -2.30. The molecule has 1 saturated carbocycles. The molecule has 1 aliphatic heterocycles. The Labute approximate surface area is 102 Å². The molecule has 2 heterocycles. The third kappa shape index (κ3) is 2.49. The smallest absolute Gasteiger partial charge is 0.224 e. The molecule has 92 valence electrons. The number of likely N-dealkylation sites (N-methyl/N-ethyl adjacent to an activating group) is 1. The highest BCUT2D eigenvalue weighted by Crippen LogP contribution is 2.24. The van der Waals surface area contributed by atoms with Gasteiger partial charge in [0.15, 0.2) is 0 Å². The third-order valence-electron chi connectivity index (χ3n) is 3.47. The molecule has 1 aliphatic carbocycles. The molecular weight excluding hydrogens is 214 g/mol. The molecule has 1 unspecified atom stereocenters. The van der Waals surface area contributed by atoms with E-state index in [0.29, 0.717) is 12.1 Å². The van der Waals surface area contributed by atoms with Gasteiger partial charge in [0.25, 0.3) is 0 Å². The van der Waals surface area contributed by atoms with Crippen molar-refractivity contribution in [3.63, 3.8) is 0 Å². The molecule has 2 fully saturated rings. The van der Waals surface area contributed by atoms with Crippen molar-refractivity contribution in [1.82, 2.24) is 15.3 Å². The van der Waals surface area contributed by atoms with Gasteiger partial charge in [-0.25, -0.2) is 4.98 Å². The second kappa shape index (κ2) is 4.49. The van der Waals surface area contributed by atoms with Gasteiger partial charge >= 0.3 is 0 Å². The van der Waals surface area contributed by atoms with E-state index < -0.39 is 0 Å². The summed E-state index contributed by atoms with van der Waals surface area (Å²) in [6.45, 7) is 2.11. The Bertz CT molecular complexity index is 390. The number of hydrogen-bond acceptors (Lipinski definition) is 5. The fourth-order valence-corrected chi connectivity index (χ4v) is 2.21. The summed E-state index contributed by atoms with van der Waals surface area (Å²) in [6, 6.07) is 3.19. The molecule has 5 nitrogen and oxygen atoms in total. The van der Waals surface area contributed by atoms with Crippen molar-refractivity contribution < 1.29 is 0 Å². The van der Waals surface area contributed by atoms with Crippen LogP contribution >= 0.6 is 0 Å². The second-order valence-electron chi connectivity index (χ2n) is 4.88. The molecule has 2 N–H and O–H groups in total. The summed E-state index contributed by atoms with van der Waals surface area (Å²) in [6.07, 6.45) is 5.53. The Morgan fingerprint density at radius 2 is 2.18 bits per heavy atom. The van der Waals surface area contributed by atoms with E-state index >= 15 is 0 Å². The van der Waals surface area contributed by atoms with Crippen molar-refractivity contribution in [1.29, 1.82) is 0 Å². The van der Waals surface area contributed by atoms with Gasteiger partial charge in [-0.3, -0.25) is 0 Å². The molecule has 17 heavy (non-hydrogen) atoms. The first kappa shape index (κ1) is 10.8. The maximum atomic E-state index is 4.58. The normalized spacial score (nSPS) is 24.1. The van der Waals surface area contributed by atoms with Crippen LogP contribution in [0.2, 0.25) is 0 Å². The number of nitrogens with one attached hydrogen (secondary N) is 2. The van der Waals surface area contributed by atoms with Gasteiger partial charge in [0.1, 0.15) is 5.82 Å². The van der Waals surface area contributed by atoms with E-state index in [9.17, 15) is 0 Å². The number of aromatic nitrogens is 2. The van der Waals surface area contributed by atoms with Gasteiger partial charge in [-0.2, -0.15) is 4.98 Å². The van der Waals surface area contributed by atoms with Crippen LogP contribution in [0, 0.1) is 0 Å². The van der Waals surface area contributed by atoms with Gasteiger partial charge in [0.05, 0.1) is 0 Å². The Balaban J connectivity index is 1.69. The molecule has 2 aliphatic rings. The zero-order valence-corrected chi connectivity index (χ0v) is 10.2. The standard InChI is InChI=1S/C12H19N5/c1-13-10-5-7-17(8-10)11-4-6-14-12(16-11)15-9-2-3-9/h4,6,9-10,13H,2-3,5,7-8H2,1H3,(H,14,15,16). The van der Waals surface area contributed by atoms with Crippen LogP contribution in [0.25, 0.3) is 0 Å². The lowest BCUT2D eigenvalue weighted by molar-refractivity contribution is 0.616. The van der Waals surface area contributed by atoms with Gasteiger partial charge in [-0.1, -0.05) is 0 Å². The minimum absolute atomic E-state index is 0.588. The minimum atomic E-state index is 0.588. The van der Waals surface area contributed by atoms with Crippen molar-refractivity contribution in [2.75, 3.05) is 30.4 Å². The van der Waals surface area contributed by atoms with Gasteiger partial charge < -0.3 is 15.5 Å². The average Bonchev–Trinajstić information content (AvgIpc) is 3.04. The average molecular weight is 233 g/mol. The van der Waals surface area contributed by atoms with Crippen LogP contribution in [0.5, 0.6) is 0 Å². The third-order valence-corrected chi connectivity index (χ3v) is 3.47. The maximum Gasteiger partial charge on any atom is 0.224 e. The van der Waals surface area contributed by atoms with E-state index in [2.05, 4.69) is 25.5 Å². The monoisotopic (exact) mass is 233 g/mol. The molecule has 0 bridgehead atoms. The molecular formula is C12H19N5. The molecule has 0 spiro atoms. The Morgan fingerprint density at radius 1 is 1.29 bits per heavy atom. The summed E-state index contributed by atoms with van der Waals surface area (Å²) in [4.78, 5) is 11.2. The van der Waals surface area contributed by atoms with Crippen LogP contribution in [0.15, 0.2) is 12.3 Å². The van der Waals surface area contributed by atoms with Crippen molar-refractivity contribution in [2.24, 2.45) is 0 Å². The van der Waals surface area contributed by atoms with Crippen molar-refractivity contribution in [2.45, 2.75) is 31.3 Å². The van der Waals surface area contributed by atoms with Crippen LogP contribution in [0.1, 0.15) is 19.3 Å². The predicted octanol–water partition coefficient (Wildman–Crippen LogP) is 0.849. The Kier molecular flexibility index (Phi) is 2.84. The number of hydrogen-bond donors (Lipinski definition) is 2. The lowest BCUT2D eigenvalue weighted by atomic mass is 10.3. The molecule has 5 heteroatoms. The second-order valence-corrected chi connectivity index (χ2v) is 4.88. The first-order chi connectivity index (χ1) is 8.35. The number of nitrogens with zero attached hydrogens (tertiary/aromatic N) is 3. The van der Waals surface area contributed by atoms with Gasteiger partial charge in [0, 0.05) is 31.4 Å². The first-order valence-corrected chi connectivity index (χ1v) is 6.37. The molecule has 0 radical (unpaired) electrons. The van der Waals surface area contributed by atoms with E-state index in [1.165, 1.54) is 19.3 Å². The summed E-state index contributed by atoms with van der Waals surface area (Å²) < 4.78 is 0. The van der Waals surface area contributed by atoms with Crippen LogP contribution in [0.4, 0.5) is 11.8 Å². The quantitative estimate of drug-likeness (QED) is 0.807. The summed E-state index contributed by atoms with van der Waals surface area (Å²) >= 11 is 0. The van der Waals surface area contributed by atoms with Crippen molar-refractivity contribution >= 4 is 11.8 Å². The SMILES string of the molecule is CNC1CCN(c2ccnc(NC3CC3)n2)C1. The highest BCUT2D eigenvalue weighted by molar-refractivity contribution is 5.44. The van der Waals surface area contributed by atoms with Crippen LogP contribution < -0.4 is 15.5 Å². The van der Waals surface area contributed by atoms with Gasteiger partial charge in [-0.05, 0) is 32.4 Å². The van der Waals surface area contributed by atoms with Crippen LogP contribution in [0.3, 0.4) is 0 Å². The van der Waals surface area contributed by atoms with E-state index in [1.54, 1.807) is 0 Å². The summed E-state index contributed by atoms with van der Waals surface area (Å²) in [5.74, 6) is 1.82. The Hall–Kier alpha value is -1.36. The lowest BCUT2D eigenvalue weighted by Gasteiger charge is -2.17. The maximum absolute atomic E-state index is 4.58. The summed E-state index contributed by atoms with van der Waals surface area (Å²) in [7, 11) is 2.02. The van der Waals surface area contributed by atoms with Crippen molar-refractivity contribution in [3.05, 3.63) is 12.3 Å². The topological polar surface area (TPSA) is 53.1 Å². The molecule has 1 aromatic rings. The van der Waals surface area contributed by atoms with Gasteiger partial charge in [-0.15, -0.1) is 0 Å². The van der Waals surface area contributed by atoms with Crippen LogP contribution in [-0.4, -0.2) is 42.2 Å². The first-order valence-electron chi connectivity index (χ1n) is 6.37. The van der Waals surface area contributed by atoms with E-state index in [1.807, 2.05) is 19.3 Å². The fourth-order valence-electron chi connectivity index (χ4n) is 2.21. The Morgan fingerprint density at radius 3 is 2.88 bits per heavy atom. The predicted molar refractivity (Wildman–Crippen MR) is 68.4 cm³/mol. The fraction of sp³-hybridized carbons (Fsp3) is 0.667. The molecule has 1 saturated heterocycles. The summed E-state index contributed by atoms with van der Waals surface area (Å²) in [5, 5.41) is 6.66. The molecule has 0 amide bonds.